The number of benzene rings is 1. The number of halogens is 2. The number of hydrogen-bond acceptors (Lipinski definition) is 2. The molecule has 0 atom stereocenters. The van der Waals surface area contributed by atoms with Gasteiger partial charge in [-0.05, 0) is 13.1 Å². The quantitative estimate of drug-likeness (QED) is 0.778. The zero-order valence-electron chi connectivity index (χ0n) is 6.56. The van der Waals surface area contributed by atoms with E-state index in [1.54, 1.807) is 13.1 Å². The van der Waals surface area contributed by atoms with Crippen LogP contribution in [-0.4, -0.2) is 12.2 Å². The van der Waals surface area contributed by atoms with Crippen molar-refractivity contribution in [3.63, 3.8) is 0 Å². The number of nitrogens with one attached hydrogen (secondary N) is 1. The molecule has 1 aromatic rings. The molecular weight excluding hydrogens is 197 g/mol. The summed E-state index contributed by atoms with van der Waals surface area (Å²) in [4.78, 5) is 0. The van der Waals surface area contributed by atoms with Crippen LogP contribution in [-0.2, 0) is 6.54 Å². The predicted octanol–water partition coefficient (Wildman–Crippen LogP) is 2.42. The maximum absolute atomic E-state index is 9.36. The zero-order chi connectivity index (χ0) is 9.14. The van der Waals surface area contributed by atoms with Crippen molar-refractivity contribution < 1.29 is 5.11 Å². The molecule has 1 rings (SSSR count). The molecule has 0 aromatic heterocycles. The van der Waals surface area contributed by atoms with Crippen LogP contribution in [0.15, 0.2) is 12.1 Å². The summed E-state index contributed by atoms with van der Waals surface area (Å²) in [6, 6.07) is 3.09. The Labute approximate surface area is 81.1 Å². The third kappa shape index (κ3) is 2.03. The summed E-state index contributed by atoms with van der Waals surface area (Å²) in [5.41, 5.74) is 0.743. The summed E-state index contributed by atoms with van der Waals surface area (Å²) >= 11 is 11.4. The largest absolute Gasteiger partial charge is 0.508 e. The van der Waals surface area contributed by atoms with Crippen LogP contribution in [0.3, 0.4) is 0 Å². The lowest BCUT2D eigenvalue weighted by atomic mass is 10.2. The summed E-state index contributed by atoms with van der Waals surface area (Å²) in [7, 11) is 1.79. The first-order valence-corrected chi connectivity index (χ1v) is 4.22. The fourth-order valence-corrected chi connectivity index (χ4v) is 1.25. The molecule has 0 amide bonds. The molecule has 4 heteroatoms. The topological polar surface area (TPSA) is 32.3 Å². The highest BCUT2D eigenvalue weighted by molar-refractivity contribution is 6.42. The lowest BCUT2D eigenvalue weighted by Crippen LogP contribution is -2.05. The van der Waals surface area contributed by atoms with Crippen molar-refractivity contribution in [2.45, 2.75) is 6.54 Å². The van der Waals surface area contributed by atoms with Crippen molar-refractivity contribution in [3.05, 3.63) is 27.7 Å². The molecule has 0 bridgehead atoms. The maximum atomic E-state index is 9.36. The molecule has 0 heterocycles. The van der Waals surface area contributed by atoms with Gasteiger partial charge in [0.25, 0.3) is 0 Å². The van der Waals surface area contributed by atoms with E-state index in [0.29, 0.717) is 16.6 Å². The number of hydrogen-bond donors (Lipinski definition) is 2. The molecule has 0 spiro atoms. The van der Waals surface area contributed by atoms with Crippen molar-refractivity contribution in [2.75, 3.05) is 7.05 Å². The molecule has 0 unspecified atom stereocenters. The molecule has 0 aliphatic heterocycles. The Morgan fingerprint density at radius 1 is 1.33 bits per heavy atom. The van der Waals surface area contributed by atoms with Gasteiger partial charge in [0.05, 0.1) is 10.0 Å². The highest BCUT2D eigenvalue weighted by Gasteiger charge is 2.04. The van der Waals surface area contributed by atoms with Crippen LogP contribution in [0.1, 0.15) is 5.56 Å². The molecule has 0 radical (unpaired) electrons. The van der Waals surface area contributed by atoms with Crippen LogP contribution in [0, 0.1) is 0 Å². The average Bonchev–Trinajstić information content (AvgIpc) is 2.01. The van der Waals surface area contributed by atoms with Crippen molar-refractivity contribution in [1.29, 1.82) is 0 Å². The number of phenols is 1. The molecule has 0 saturated heterocycles. The summed E-state index contributed by atoms with van der Waals surface area (Å²) in [6.45, 7) is 0.572. The minimum absolute atomic E-state index is 0.166. The Balaban J connectivity index is 3.05. The van der Waals surface area contributed by atoms with Crippen LogP contribution in [0.5, 0.6) is 5.75 Å². The monoisotopic (exact) mass is 205 g/mol. The molecule has 0 fully saturated rings. The maximum Gasteiger partial charge on any atom is 0.121 e. The van der Waals surface area contributed by atoms with E-state index in [-0.39, 0.29) is 5.75 Å². The van der Waals surface area contributed by atoms with Crippen molar-refractivity contribution in [2.24, 2.45) is 0 Å². The van der Waals surface area contributed by atoms with Gasteiger partial charge in [-0.2, -0.15) is 0 Å². The highest BCUT2D eigenvalue weighted by atomic mass is 35.5. The first kappa shape index (κ1) is 9.65. The second kappa shape index (κ2) is 3.99. The van der Waals surface area contributed by atoms with Crippen LogP contribution in [0.25, 0.3) is 0 Å². The highest BCUT2D eigenvalue weighted by Crippen LogP contribution is 2.29. The van der Waals surface area contributed by atoms with Gasteiger partial charge in [-0.15, -0.1) is 0 Å². The first-order chi connectivity index (χ1) is 5.65. The minimum Gasteiger partial charge on any atom is -0.508 e. The lowest BCUT2D eigenvalue weighted by Gasteiger charge is -2.05. The second-order valence-electron chi connectivity index (χ2n) is 2.43. The Bertz CT molecular complexity index is 289. The first-order valence-electron chi connectivity index (χ1n) is 3.46. The zero-order valence-corrected chi connectivity index (χ0v) is 8.08. The van der Waals surface area contributed by atoms with Gasteiger partial charge < -0.3 is 10.4 Å². The third-order valence-corrected chi connectivity index (χ3v) is 2.21. The Kier molecular flexibility index (Phi) is 3.20. The van der Waals surface area contributed by atoms with E-state index in [4.69, 9.17) is 23.2 Å². The van der Waals surface area contributed by atoms with Crippen molar-refractivity contribution >= 4 is 23.2 Å². The van der Waals surface area contributed by atoms with Crippen molar-refractivity contribution in [3.8, 4) is 5.75 Å². The fourth-order valence-electron chi connectivity index (χ4n) is 0.910. The lowest BCUT2D eigenvalue weighted by molar-refractivity contribution is 0.466. The summed E-state index contributed by atoms with van der Waals surface area (Å²) in [6.07, 6.45) is 0. The van der Waals surface area contributed by atoms with Gasteiger partial charge in [0, 0.05) is 18.2 Å². The van der Waals surface area contributed by atoms with Gasteiger partial charge in [-0.25, -0.2) is 0 Å². The molecule has 66 valence electrons. The van der Waals surface area contributed by atoms with E-state index in [1.165, 1.54) is 6.07 Å². The Morgan fingerprint density at radius 3 is 2.50 bits per heavy atom. The van der Waals surface area contributed by atoms with E-state index in [9.17, 15) is 5.11 Å². The normalized spacial score (nSPS) is 10.2. The molecular formula is C8H9Cl2NO. The van der Waals surface area contributed by atoms with Crippen molar-refractivity contribution in [1.82, 2.24) is 5.32 Å². The fraction of sp³-hybridized carbons (Fsp3) is 0.250. The van der Waals surface area contributed by atoms with Gasteiger partial charge in [-0.3, -0.25) is 0 Å². The third-order valence-electron chi connectivity index (χ3n) is 1.49. The van der Waals surface area contributed by atoms with Gasteiger partial charge in [0.15, 0.2) is 0 Å². The summed E-state index contributed by atoms with van der Waals surface area (Å²) in [5.74, 6) is 0.166. The Hall–Kier alpha value is -0.440. The van der Waals surface area contributed by atoms with Crippen LogP contribution in [0.4, 0.5) is 0 Å². The molecule has 2 nitrogen and oxygen atoms in total. The molecule has 1 aromatic carbocycles. The SMILES string of the molecule is CNCc1cc(Cl)c(Cl)cc1O. The van der Waals surface area contributed by atoms with Gasteiger partial charge >= 0.3 is 0 Å². The van der Waals surface area contributed by atoms with E-state index in [1.807, 2.05) is 0 Å². The van der Waals surface area contributed by atoms with E-state index in [2.05, 4.69) is 5.32 Å². The van der Waals surface area contributed by atoms with Gasteiger partial charge in [0.2, 0.25) is 0 Å². The van der Waals surface area contributed by atoms with E-state index < -0.39 is 0 Å². The number of aromatic hydroxyl groups is 1. The van der Waals surface area contributed by atoms with Crippen LogP contribution < -0.4 is 5.32 Å². The molecule has 0 aliphatic carbocycles. The number of rotatable bonds is 2. The standard InChI is InChI=1S/C8H9Cl2NO/c1-11-4-5-2-6(9)7(10)3-8(5)12/h2-3,11-12H,4H2,1H3. The molecule has 2 N–H and O–H groups in total. The smallest absolute Gasteiger partial charge is 0.121 e. The summed E-state index contributed by atoms with van der Waals surface area (Å²) < 4.78 is 0. The number of phenolic OH excluding ortho intramolecular Hbond substituents is 1. The predicted molar refractivity (Wildman–Crippen MR) is 50.9 cm³/mol. The Morgan fingerprint density at radius 2 is 1.92 bits per heavy atom. The van der Waals surface area contributed by atoms with Gasteiger partial charge in [-0.1, -0.05) is 23.2 Å². The summed E-state index contributed by atoms with van der Waals surface area (Å²) in [5, 5.41) is 13.1. The minimum atomic E-state index is 0.166. The van der Waals surface area contributed by atoms with Gasteiger partial charge in [0.1, 0.15) is 5.75 Å². The van der Waals surface area contributed by atoms with Crippen LogP contribution >= 0.6 is 23.2 Å². The van der Waals surface area contributed by atoms with E-state index in [0.717, 1.165) is 5.56 Å². The molecule has 12 heavy (non-hydrogen) atoms. The molecule has 0 saturated carbocycles. The van der Waals surface area contributed by atoms with Crippen LogP contribution in [0.2, 0.25) is 10.0 Å². The average molecular weight is 206 g/mol. The molecule has 0 aliphatic rings. The second-order valence-corrected chi connectivity index (χ2v) is 3.24. The van der Waals surface area contributed by atoms with E-state index >= 15 is 0 Å².